The van der Waals surface area contributed by atoms with E-state index in [4.69, 9.17) is 11.6 Å². The number of hydrogen-bond donors (Lipinski definition) is 1. The Bertz CT molecular complexity index is 1030. The number of hydrogen-bond acceptors (Lipinski definition) is 3. The van der Waals surface area contributed by atoms with Crippen LogP contribution in [0, 0.1) is 5.92 Å². The molecule has 1 unspecified atom stereocenters. The lowest BCUT2D eigenvalue weighted by Crippen LogP contribution is -2.39. The Morgan fingerprint density at radius 2 is 1.96 bits per heavy atom. The number of carbonyl (C=O) groups excluding carboxylic acids is 2. The van der Waals surface area contributed by atoms with Gasteiger partial charge in [0.25, 0.3) is 11.8 Å². The van der Waals surface area contributed by atoms with Gasteiger partial charge in [-0.3, -0.25) is 14.0 Å². The van der Waals surface area contributed by atoms with Gasteiger partial charge in [-0.15, -0.1) is 0 Å². The summed E-state index contributed by atoms with van der Waals surface area (Å²) in [7, 11) is 0. The van der Waals surface area contributed by atoms with E-state index in [1.165, 1.54) is 0 Å². The second-order valence-corrected chi connectivity index (χ2v) is 7.64. The van der Waals surface area contributed by atoms with E-state index in [9.17, 15) is 9.59 Å². The highest BCUT2D eigenvalue weighted by atomic mass is 35.5. The van der Waals surface area contributed by atoms with Gasteiger partial charge in [0.05, 0.1) is 5.52 Å². The largest absolute Gasteiger partial charge is 0.336 e. The minimum Gasteiger partial charge on any atom is -0.336 e. The van der Waals surface area contributed by atoms with Gasteiger partial charge < -0.3 is 10.2 Å². The zero-order valence-corrected chi connectivity index (χ0v) is 16.3. The maximum atomic E-state index is 13.1. The molecule has 7 heteroatoms. The second kappa shape index (κ2) is 7.64. The zero-order chi connectivity index (χ0) is 19.7. The van der Waals surface area contributed by atoms with Gasteiger partial charge in [-0.05, 0) is 55.2 Å². The fourth-order valence-corrected chi connectivity index (χ4v) is 3.72. The molecule has 0 bridgehead atoms. The van der Waals surface area contributed by atoms with Crippen molar-refractivity contribution in [2.24, 2.45) is 5.92 Å². The summed E-state index contributed by atoms with van der Waals surface area (Å²) in [5.74, 6) is 0.234. The van der Waals surface area contributed by atoms with Crippen LogP contribution in [-0.2, 0) is 0 Å². The van der Waals surface area contributed by atoms with Crippen molar-refractivity contribution >= 4 is 34.6 Å². The molecule has 1 atom stereocenters. The summed E-state index contributed by atoms with van der Waals surface area (Å²) in [6.45, 7) is 3.58. The van der Waals surface area contributed by atoms with Crippen molar-refractivity contribution < 1.29 is 9.59 Å². The van der Waals surface area contributed by atoms with E-state index in [0.717, 1.165) is 19.4 Å². The number of pyridine rings is 1. The third-order valence-corrected chi connectivity index (χ3v) is 5.25. The molecule has 1 aliphatic heterocycles. The number of nitrogens with one attached hydrogen (secondary N) is 1. The van der Waals surface area contributed by atoms with Crippen molar-refractivity contribution in [1.29, 1.82) is 0 Å². The Morgan fingerprint density at radius 3 is 2.71 bits per heavy atom. The van der Waals surface area contributed by atoms with Crippen LogP contribution in [0.3, 0.4) is 0 Å². The van der Waals surface area contributed by atoms with E-state index >= 15 is 0 Å². The number of halogens is 1. The van der Waals surface area contributed by atoms with Crippen molar-refractivity contribution in [1.82, 2.24) is 14.3 Å². The summed E-state index contributed by atoms with van der Waals surface area (Å²) in [6, 6.07) is 12.3. The first-order valence-electron chi connectivity index (χ1n) is 9.36. The standard InChI is InChI=1S/C21H21ClN4O2/c1-14-5-4-11-25(13-14)21(28)19-24-18(17-6-2-3-12-26(17)19)20(27)23-16-9-7-15(22)8-10-16/h2-3,6-10,12,14H,4-5,11,13H2,1H3,(H,23,27). The Hall–Kier alpha value is -2.86. The number of carbonyl (C=O) groups is 2. The van der Waals surface area contributed by atoms with Crippen molar-refractivity contribution in [2.75, 3.05) is 18.4 Å². The van der Waals surface area contributed by atoms with Crippen molar-refractivity contribution in [2.45, 2.75) is 19.8 Å². The summed E-state index contributed by atoms with van der Waals surface area (Å²) < 4.78 is 1.69. The zero-order valence-electron chi connectivity index (χ0n) is 15.6. The SMILES string of the molecule is CC1CCCN(C(=O)c2nc(C(=O)Nc3ccc(Cl)cc3)c3ccccn23)C1. The summed E-state index contributed by atoms with van der Waals surface area (Å²) in [6.07, 6.45) is 3.88. The fourth-order valence-electron chi connectivity index (χ4n) is 3.59. The predicted octanol–water partition coefficient (Wildman–Crippen LogP) is 4.11. The molecule has 0 aliphatic carbocycles. The fraction of sp³-hybridized carbons (Fsp3) is 0.286. The highest BCUT2D eigenvalue weighted by molar-refractivity contribution is 6.30. The molecule has 1 saturated heterocycles. The molecular weight excluding hydrogens is 376 g/mol. The molecule has 2 amide bonds. The molecule has 3 aromatic rings. The molecule has 0 saturated carbocycles. The van der Waals surface area contributed by atoms with E-state index < -0.39 is 0 Å². The Kier molecular flexibility index (Phi) is 5.05. The third-order valence-electron chi connectivity index (χ3n) is 5.00. The van der Waals surface area contributed by atoms with Crippen LogP contribution < -0.4 is 5.32 Å². The van der Waals surface area contributed by atoms with Crippen LogP contribution in [0.2, 0.25) is 5.02 Å². The molecule has 4 rings (SSSR count). The van der Waals surface area contributed by atoms with Crippen LogP contribution in [0.25, 0.3) is 5.52 Å². The molecule has 144 valence electrons. The number of fused-ring (bicyclic) bond motifs is 1. The Balaban J connectivity index is 1.67. The van der Waals surface area contributed by atoms with Crippen LogP contribution in [-0.4, -0.2) is 39.2 Å². The van der Waals surface area contributed by atoms with E-state index in [2.05, 4.69) is 17.2 Å². The average molecular weight is 397 g/mol. The smallest absolute Gasteiger partial charge is 0.290 e. The molecular formula is C21H21ClN4O2. The third kappa shape index (κ3) is 3.60. The van der Waals surface area contributed by atoms with Gasteiger partial charge >= 0.3 is 0 Å². The Labute approximate surface area is 168 Å². The molecule has 3 heterocycles. The number of nitrogens with zero attached hydrogens (tertiary/aromatic N) is 3. The van der Waals surface area contributed by atoms with Crippen molar-refractivity contribution in [3.05, 3.63) is 65.2 Å². The first-order valence-corrected chi connectivity index (χ1v) is 9.74. The van der Waals surface area contributed by atoms with Gasteiger partial charge in [0.2, 0.25) is 5.82 Å². The number of rotatable bonds is 3. The number of anilines is 1. The lowest BCUT2D eigenvalue weighted by Gasteiger charge is -2.30. The quantitative estimate of drug-likeness (QED) is 0.724. The molecule has 2 aromatic heterocycles. The normalized spacial score (nSPS) is 16.9. The summed E-state index contributed by atoms with van der Waals surface area (Å²) >= 11 is 5.90. The van der Waals surface area contributed by atoms with Crippen LogP contribution in [0.15, 0.2) is 48.7 Å². The minimum atomic E-state index is -0.364. The number of likely N-dealkylation sites (tertiary alicyclic amines) is 1. The van der Waals surface area contributed by atoms with Crippen LogP contribution in [0.4, 0.5) is 5.69 Å². The maximum Gasteiger partial charge on any atom is 0.290 e. The van der Waals surface area contributed by atoms with Crippen LogP contribution in [0.1, 0.15) is 40.9 Å². The summed E-state index contributed by atoms with van der Waals surface area (Å²) in [5.41, 5.74) is 1.44. The number of imidazole rings is 1. The van der Waals surface area contributed by atoms with Crippen LogP contribution in [0.5, 0.6) is 0 Å². The highest BCUT2D eigenvalue weighted by Gasteiger charge is 2.27. The van der Waals surface area contributed by atoms with Crippen molar-refractivity contribution in [3.63, 3.8) is 0 Å². The topological polar surface area (TPSA) is 66.7 Å². The highest BCUT2D eigenvalue weighted by Crippen LogP contribution is 2.21. The number of piperidine rings is 1. The van der Waals surface area contributed by atoms with Gasteiger partial charge in [-0.1, -0.05) is 24.6 Å². The van der Waals surface area contributed by atoms with E-state index in [0.29, 0.717) is 28.7 Å². The molecule has 0 spiro atoms. The molecule has 6 nitrogen and oxygen atoms in total. The first kappa shape index (κ1) is 18.5. The average Bonchev–Trinajstić information content (AvgIpc) is 3.09. The van der Waals surface area contributed by atoms with Gasteiger partial charge in [0, 0.05) is 30.0 Å². The first-order chi connectivity index (χ1) is 13.5. The Morgan fingerprint density at radius 1 is 1.18 bits per heavy atom. The van der Waals surface area contributed by atoms with Gasteiger partial charge in [0.1, 0.15) is 0 Å². The molecule has 1 fully saturated rings. The molecule has 1 aromatic carbocycles. The maximum absolute atomic E-state index is 13.1. The molecule has 0 radical (unpaired) electrons. The van der Waals surface area contributed by atoms with E-state index in [1.807, 2.05) is 17.0 Å². The predicted molar refractivity (Wildman–Crippen MR) is 109 cm³/mol. The molecule has 1 N–H and O–H groups in total. The van der Waals surface area contributed by atoms with Gasteiger partial charge in [-0.2, -0.15) is 0 Å². The van der Waals surface area contributed by atoms with Gasteiger partial charge in [-0.25, -0.2) is 4.98 Å². The van der Waals surface area contributed by atoms with Crippen molar-refractivity contribution in [3.8, 4) is 0 Å². The second-order valence-electron chi connectivity index (χ2n) is 7.20. The van der Waals surface area contributed by atoms with Crippen LogP contribution >= 0.6 is 11.6 Å². The van der Waals surface area contributed by atoms with Gasteiger partial charge in [0.15, 0.2) is 5.69 Å². The number of aromatic nitrogens is 2. The molecule has 28 heavy (non-hydrogen) atoms. The summed E-state index contributed by atoms with van der Waals surface area (Å²) in [4.78, 5) is 32.2. The number of amides is 2. The number of benzene rings is 1. The lowest BCUT2D eigenvalue weighted by atomic mass is 10.0. The lowest BCUT2D eigenvalue weighted by molar-refractivity contribution is 0.0670. The minimum absolute atomic E-state index is 0.140. The summed E-state index contributed by atoms with van der Waals surface area (Å²) in [5, 5.41) is 3.41. The monoisotopic (exact) mass is 396 g/mol. The van der Waals surface area contributed by atoms with E-state index in [-0.39, 0.29) is 23.3 Å². The molecule has 1 aliphatic rings. The van der Waals surface area contributed by atoms with E-state index in [1.54, 1.807) is 40.9 Å².